The average molecular weight is 306 g/mol. The Kier molecular flexibility index (Phi) is 5.59. The molecule has 0 aliphatic rings. The Balaban J connectivity index is 2.10. The molecule has 1 aromatic carbocycles. The summed E-state index contributed by atoms with van der Waals surface area (Å²) in [4.78, 5) is 5.72. The van der Waals surface area contributed by atoms with Crippen molar-refractivity contribution in [2.24, 2.45) is 5.73 Å². The molecule has 0 aliphatic heterocycles. The zero-order valence-corrected chi connectivity index (χ0v) is 13.6. The van der Waals surface area contributed by atoms with Crippen LogP contribution in [-0.4, -0.2) is 18.1 Å². The number of aryl methyl sites for hydroxylation is 2. The standard InChI is InChI=1S/C16H22N2O2S/c1-4-19-15-9-13(7-8-17)5-6-14(15)20-10-16-18-11(2)12(3)21-16/h5-6,9H,4,7-8,10,17H2,1-3H3. The number of hydrogen-bond donors (Lipinski definition) is 1. The van der Waals surface area contributed by atoms with E-state index in [4.69, 9.17) is 15.2 Å². The third kappa shape index (κ3) is 4.19. The smallest absolute Gasteiger partial charge is 0.161 e. The van der Waals surface area contributed by atoms with Crippen LogP contribution in [0.25, 0.3) is 0 Å². The van der Waals surface area contributed by atoms with E-state index in [-0.39, 0.29) is 0 Å². The zero-order valence-electron chi connectivity index (χ0n) is 12.8. The third-order valence-electron chi connectivity index (χ3n) is 3.16. The molecule has 2 aromatic rings. The van der Waals surface area contributed by atoms with E-state index in [0.717, 1.165) is 34.2 Å². The molecule has 0 saturated heterocycles. The molecule has 0 aliphatic carbocycles. The summed E-state index contributed by atoms with van der Waals surface area (Å²) >= 11 is 1.67. The lowest BCUT2D eigenvalue weighted by Gasteiger charge is -2.12. The maximum Gasteiger partial charge on any atom is 0.161 e. The van der Waals surface area contributed by atoms with Gasteiger partial charge in [0.1, 0.15) is 11.6 Å². The molecular weight excluding hydrogens is 284 g/mol. The summed E-state index contributed by atoms with van der Waals surface area (Å²) in [5.74, 6) is 1.52. The van der Waals surface area contributed by atoms with Crippen molar-refractivity contribution in [1.82, 2.24) is 4.98 Å². The molecule has 0 amide bonds. The van der Waals surface area contributed by atoms with Crippen LogP contribution >= 0.6 is 11.3 Å². The highest BCUT2D eigenvalue weighted by atomic mass is 32.1. The molecule has 114 valence electrons. The highest BCUT2D eigenvalue weighted by Crippen LogP contribution is 2.30. The summed E-state index contributed by atoms with van der Waals surface area (Å²) < 4.78 is 11.5. The maximum atomic E-state index is 5.87. The second kappa shape index (κ2) is 7.43. The van der Waals surface area contributed by atoms with Gasteiger partial charge in [-0.2, -0.15) is 0 Å². The van der Waals surface area contributed by atoms with Crippen LogP contribution in [0.15, 0.2) is 18.2 Å². The van der Waals surface area contributed by atoms with Gasteiger partial charge in [0.2, 0.25) is 0 Å². The van der Waals surface area contributed by atoms with E-state index in [2.05, 4.69) is 11.9 Å². The molecule has 0 bridgehead atoms. The molecule has 1 aromatic heterocycles. The molecule has 2 rings (SSSR count). The minimum atomic E-state index is 0.468. The minimum Gasteiger partial charge on any atom is -0.490 e. The highest BCUT2D eigenvalue weighted by Gasteiger charge is 2.09. The summed E-state index contributed by atoms with van der Waals surface area (Å²) in [5, 5.41) is 0.985. The van der Waals surface area contributed by atoms with E-state index < -0.39 is 0 Å². The van der Waals surface area contributed by atoms with Crippen molar-refractivity contribution in [3.8, 4) is 11.5 Å². The van der Waals surface area contributed by atoms with Gasteiger partial charge in [-0.15, -0.1) is 11.3 Å². The van der Waals surface area contributed by atoms with Gasteiger partial charge in [0.25, 0.3) is 0 Å². The largest absolute Gasteiger partial charge is 0.490 e. The molecule has 1 heterocycles. The fourth-order valence-corrected chi connectivity index (χ4v) is 2.85. The quantitative estimate of drug-likeness (QED) is 0.853. The van der Waals surface area contributed by atoms with Gasteiger partial charge in [-0.3, -0.25) is 0 Å². The number of ether oxygens (including phenoxy) is 2. The van der Waals surface area contributed by atoms with Crippen molar-refractivity contribution in [1.29, 1.82) is 0 Å². The number of thiazole rings is 1. The van der Waals surface area contributed by atoms with Crippen LogP contribution in [0.2, 0.25) is 0 Å². The second-order valence-electron chi connectivity index (χ2n) is 4.79. The van der Waals surface area contributed by atoms with Gasteiger partial charge in [-0.05, 0) is 51.4 Å². The van der Waals surface area contributed by atoms with Crippen LogP contribution in [0.1, 0.15) is 28.1 Å². The van der Waals surface area contributed by atoms with Gasteiger partial charge in [-0.1, -0.05) is 6.07 Å². The lowest BCUT2D eigenvalue weighted by molar-refractivity contribution is 0.268. The average Bonchev–Trinajstić information content (AvgIpc) is 2.78. The van der Waals surface area contributed by atoms with Crippen LogP contribution in [-0.2, 0) is 13.0 Å². The summed E-state index contributed by atoms with van der Waals surface area (Å²) in [6.07, 6.45) is 0.839. The molecular formula is C16H22N2O2S. The first-order valence-corrected chi connectivity index (χ1v) is 7.97. The monoisotopic (exact) mass is 306 g/mol. The summed E-state index contributed by atoms with van der Waals surface area (Å²) in [7, 11) is 0. The molecule has 0 fully saturated rings. The Hall–Kier alpha value is -1.59. The Bertz CT molecular complexity index is 576. The predicted octanol–water partition coefficient (Wildman–Crippen LogP) is 3.24. The molecule has 0 saturated carbocycles. The number of aromatic nitrogens is 1. The molecule has 21 heavy (non-hydrogen) atoms. The fraction of sp³-hybridized carbons (Fsp3) is 0.438. The SMILES string of the molecule is CCOc1cc(CCN)ccc1OCc1nc(C)c(C)s1. The van der Waals surface area contributed by atoms with E-state index in [1.807, 2.05) is 32.0 Å². The summed E-state index contributed by atoms with van der Waals surface area (Å²) in [6.45, 7) is 7.76. The number of nitrogens with zero attached hydrogens (tertiary/aromatic N) is 1. The first-order chi connectivity index (χ1) is 10.1. The van der Waals surface area contributed by atoms with Crippen molar-refractivity contribution in [3.05, 3.63) is 39.3 Å². The first kappa shape index (κ1) is 15.8. The van der Waals surface area contributed by atoms with E-state index in [1.54, 1.807) is 11.3 Å². The van der Waals surface area contributed by atoms with Crippen molar-refractivity contribution in [3.63, 3.8) is 0 Å². The Morgan fingerprint density at radius 2 is 2.00 bits per heavy atom. The Morgan fingerprint density at radius 3 is 2.62 bits per heavy atom. The Labute approximate surface area is 129 Å². The van der Waals surface area contributed by atoms with Gasteiger partial charge >= 0.3 is 0 Å². The lowest BCUT2D eigenvalue weighted by Crippen LogP contribution is -2.04. The lowest BCUT2D eigenvalue weighted by atomic mass is 10.1. The summed E-state index contributed by atoms with van der Waals surface area (Å²) in [6, 6.07) is 5.98. The molecule has 0 spiro atoms. The van der Waals surface area contributed by atoms with Crippen LogP contribution in [0.5, 0.6) is 11.5 Å². The van der Waals surface area contributed by atoms with Gasteiger partial charge in [0.05, 0.1) is 12.3 Å². The first-order valence-electron chi connectivity index (χ1n) is 7.15. The number of rotatable bonds is 7. The Morgan fingerprint density at radius 1 is 1.19 bits per heavy atom. The molecule has 5 heteroatoms. The normalized spacial score (nSPS) is 10.7. The highest BCUT2D eigenvalue weighted by molar-refractivity contribution is 7.11. The second-order valence-corrected chi connectivity index (χ2v) is 6.08. The molecule has 2 N–H and O–H groups in total. The topological polar surface area (TPSA) is 57.4 Å². The molecule has 0 unspecified atom stereocenters. The van der Waals surface area contributed by atoms with Crippen LogP contribution in [0, 0.1) is 13.8 Å². The maximum absolute atomic E-state index is 5.87. The number of nitrogens with two attached hydrogens (primary N) is 1. The van der Waals surface area contributed by atoms with E-state index in [1.165, 1.54) is 4.88 Å². The van der Waals surface area contributed by atoms with Gasteiger partial charge in [0, 0.05) is 4.88 Å². The van der Waals surface area contributed by atoms with Crippen molar-refractivity contribution >= 4 is 11.3 Å². The fourth-order valence-electron chi connectivity index (χ4n) is 2.00. The van der Waals surface area contributed by atoms with E-state index >= 15 is 0 Å². The van der Waals surface area contributed by atoms with E-state index in [0.29, 0.717) is 19.8 Å². The van der Waals surface area contributed by atoms with Crippen LogP contribution < -0.4 is 15.2 Å². The van der Waals surface area contributed by atoms with Gasteiger partial charge < -0.3 is 15.2 Å². The van der Waals surface area contributed by atoms with Crippen LogP contribution in [0.4, 0.5) is 0 Å². The third-order valence-corrected chi connectivity index (χ3v) is 4.21. The van der Waals surface area contributed by atoms with Crippen LogP contribution in [0.3, 0.4) is 0 Å². The van der Waals surface area contributed by atoms with Crippen molar-refractivity contribution in [2.45, 2.75) is 33.8 Å². The zero-order chi connectivity index (χ0) is 15.2. The number of hydrogen-bond acceptors (Lipinski definition) is 5. The minimum absolute atomic E-state index is 0.468. The van der Waals surface area contributed by atoms with Gasteiger partial charge in [-0.25, -0.2) is 4.98 Å². The summed E-state index contributed by atoms with van der Waals surface area (Å²) in [5.41, 5.74) is 7.83. The van der Waals surface area contributed by atoms with Gasteiger partial charge in [0.15, 0.2) is 11.5 Å². The molecule has 0 atom stereocenters. The molecule has 4 nitrogen and oxygen atoms in total. The molecule has 0 radical (unpaired) electrons. The van der Waals surface area contributed by atoms with E-state index in [9.17, 15) is 0 Å². The van der Waals surface area contributed by atoms with Crippen molar-refractivity contribution in [2.75, 3.05) is 13.2 Å². The van der Waals surface area contributed by atoms with Crippen molar-refractivity contribution < 1.29 is 9.47 Å². The predicted molar refractivity (Wildman–Crippen MR) is 86.3 cm³/mol. The number of benzene rings is 1.